The second-order valence-corrected chi connectivity index (χ2v) is 7.21. The van der Waals surface area contributed by atoms with Gasteiger partial charge in [-0.2, -0.15) is 0 Å². The summed E-state index contributed by atoms with van der Waals surface area (Å²) in [4.78, 5) is 0. The van der Waals surface area contributed by atoms with Gasteiger partial charge in [-0.3, -0.25) is 0 Å². The molecule has 1 N–H and O–H groups in total. The molecule has 9 heavy (non-hydrogen) atoms. The number of hydrogen-bond acceptors (Lipinski definition) is 4. The first-order valence-electron chi connectivity index (χ1n) is 1.62. The van der Waals surface area contributed by atoms with Crippen molar-refractivity contribution in [2.24, 2.45) is 0 Å². The van der Waals surface area contributed by atoms with E-state index in [1.165, 1.54) is 0 Å². The van der Waals surface area contributed by atoms with Crippen molar-refractivity contribution in [3.05, 3.63) is 0 Å². The molecular weight excluding hydrogens is 182 g/mol. The zero-order chi connectivity index (χ0) is 7.36. The van der Waals surface area contributed by atoms with Gasteiger partial charge in [0.2, 0.25) is 0 Å². The monoisotopic (exact) mass is 183 g/mol. The Morgan fingerprint density at radius 2 is 1.78 bits per heavy atom. The van der Waals surface area contributed by atoms with Crippen LogP contribution in [0.2, 0.25) is 0 Å². The maximum absolute atomic E-state index is 11.9. The van der Waals surface area contributed by atoms with E-state index in [1.807, 2.05) is 0 Å². The summed E-state index contributed by atoms with van der Waals surface area (Å²) < 4.78 is 57.2. The number of halogens is 3. The molecule has 9 heteroatoms. The van der Waals surface area contributed by atoms with Crippen LogP contribution in [0.1, 0.15) is 0 Å². The van der Waals surface area contributed by atoms with Gasteiger partial charge in [-0.15, -0.1) is 0 Å². The van der Waals surface area contributed by atoms with Crippen LogP contribution in [-0.4, -0.2) is 8.42 Å². The van der Waals surface area contributed by atoms with Crippen LogP contribution in [0.5, 0.6) is 0 Å². The predicted octanol–water partition coefficient (Wildman–Crippen LogP) is 0.888. The molecule has 1 aliphatic rings. The van der Waals surface area contributed by atoms with Crippen LogP contribution in [0.4, 0.5) is 12.3 Å². The van der Waals surface area contributed by atoms with Gasteiger partial charge in [0, 0.05) is 0 Å². The SMILES string of the molecule is O=S(=O)(F)P1(F)(F)NO1. The molecule has 1 fully saturated rings. The second-order valence-electron chi connectivity index (χ2n) is 1.36. The third kappa shape index (κ3) is 0.823. The van der Waals surface area contributed by atoms with Crippen LogP contribution >= 0.6 is 6.80 Å². The van der Waals surface area contributed by atoms with E-state index < -0.39 is 16.6 Å². The Kier molecular flexibility index (Phi) is 0.994. The summed E-state index contributed by atoms with van der Waals surface area (Å²) in [6, 6.07) is 0. The van der Waals surface area contributed by atoms with E-state index >= 15 is 0 Å². The fourth-order valence-electron chi connectivity index (χ4n) is 0.137. The first kappa shape index (κ1) is 7.20. The predicted molar refractivity (Wildman–Crippen MR) is 23.4 cm³/mol. The van der Waals surface area contributed by atoms with Gasteiger partial charge in [-0.25, -0.2) is 0 Å². The first-order valence-corrected chi connectivity index (χ1v) is 5.54. The fourth-order valence-corrected chi connectivity index (χ4v) is 1.53. The standard InChI is InChI=1S/F3HNO3PS/c1-8(2,4-7-8)9(3,5)6/h4H. The molecule has 1 saturated heterocycles. The van der Waals surface area contributed by atoms with Gasteiger partial charge >= 0.3 is 47.2 Å². The van der Waals surface area contributed by atoms with E-state index in [9.17, 15) is 20.7 Å². The molecule has 0 aliphatic carbocycles. The van der Waals surface area contributed by atoms with Crippen molar-refractivity contribution in [1.82, 2.24) is 5.25 Å². The van der Waals surface area contributed by atoms with Gasteiger partial charge < -0.3 is 0 Å². The summed E-state index contributed by atoms with van der Waals surface area (Å²) in [5.41, 5.74) is 0. The van der Waals surface area contributed by atoms with E-state index in [-0.39, 0.29) is 0 Å². The van der Waals surface area contributed by atoms with Crippen LogP contribution in [0, 0.1) is 0 Å². The molecule has 0 unspecified atom stereocenters. The van der Waals surface area contributed by atoms with Crippen molar-refractivity contribution < 1.29 is 25.3 Å². The molecule has 0 amide bonds. The molecule has 0 radical (unpaired) electrons. The third-order valence-corrected chi connectivity index (χ3v) is 4.63. The summed E-state index contributed by atoms with van der Waals surface area (Å²) in [6.07, 6.45) is 0. The van der Waals surface area contributed by atoms with Crippen molar-refractivity contribution in [2.75, 3.05) is 0 Å². The van der Waals surface area contributed by atoms with Crippen LogP contribution in [-0.2, 0) is 14.5 Å². The average molecular weight is 183 g/mol. The van der Waals surface area contributed by atoms with Crippen molar-refractivity contribution in [3.63, 3.8) is 0 Å². The number of nitrogens with one attached hydrogen (secondary N) is 1. The van der Waals surface area contributed by atoms with Gasteiger partial charge in [0.05, 0.1) is 0 Å². The molecule has 1 rings (SSSR count). The molecule has 0 aromatic rings. The minimum absolute atomic E-state index is 0.761. The minimum atomic E-state index is -6.51. The topological polar surface area (TPSA) is 68.6 Å². The maximum atomic E-state index is 11.9. The van der Waals surface area contributed by atoms with E-state index in [0.29, 0.717) is 0 Å². The van der Waals surface area contributed by atoms with Crippen molar-refractivity contribution in [2.45, 2.75) is 0 Å². The Hall–Kier alpha value is 0.0900. The molecule has 1 heterocycles. The van der Waals surface area contributed by atoms with E-state index in [0.717, 1.165) is 5.25 Å². The average Bonchev–Trinajstić information content (AvgIpc) is 2.14. The summed E-state index contributed by atoms with van der Waals surface area (Å²) in [6.45, 7) is -6.51. The van der Waals surface area contributed by atoms with Gasteiger partial charge in [-0.1, -0.05) is 0 Å². The molecule has 0 bridgehead atoms. The van der Waals surface area contributed by atoms with Crippen molar-refractivity contribution >= 4 is 16.6 Å². The van der Waals surface area contributed by atoms with Crippen LogP contribution in [0.25, 0.3) is 0 Å². The summed E-state index contributed by atoms with van der Waals surface area (Å²) in [5.74, 6) is 0. The molecule has 0 aromatic carbocycles. The molecule has 0 saturated carbocycles. The van der Waals surface area contributed by atoms with E-state index in [1.54, 1.807) is 0 Å². The Balaban J connectivity index is 3.14. The van der Waals surface area contributed by atoms with Crippen molar-refractivity contribution in [1.29, 1.82) is 0 Å². The van der Waals surface area contributed by atoms with E-state index in [4.69, 9.17) is 0 Å². The quantitative estimate of drug-likeness (QED) is 0.372. The van der Waals surface area contributed by atoms with Crippen LogP contribution in [0.15, 0.2) is 0 Å². The Bertz CT molecular complexity index is 236. The molecule has 0 atom stereocenters. The zero-order valence-electron chi connectivity index (χ0n) is 3.71. The summed E-state index contributed by atoms with van der Waals surface area (Å²) >= 11 is 0. The Labute approximate surface area is 48.2 Å². The first-order chi connectivity index (χ1) is 3.75. The molecule has 0 spiro atoms. The summed E-state index contributed by atoms with van der Waals surface area (Å²) in [5, 5.41) is 0.761. The van der Waals surface area contributed by atoms with Crippen molar-refractivity contribution in [3.8, 4) is 0 Å². The van der Waals surface area contributed by atoms with Crippen LogP contribution < -0.4 is 5.25 Å². The molecular formula is HF3NO3PS. The molecule has 1 aliphatic heterocycles. The Morgan fingerprint density at radius 1 is 1.44 bits per heavy atom. The van der Waals surface area contributed by atoms with Crippen LogP contribution in [0.3, 0.4) is 0 Å². The van der Waals surface area contributed by atoms with Gasteiger partial charge in [0.25, 0.3) is 0 Å². The zero-order valence-corrected chi connectivity index (χ0v) is 5.43. The molecule has 56 valence electrons. The fraction of sp³-hybridized carbons (Fsp3) is 0. The van der Waals surface area contributed by atoms with E-state index in [2.05, 4.69) is 4.62 Å². The van der Waals surface area contributed by atoms with Gasteiger partial charge in [0.15, 0.2) is 0 Å². The molecule has 0 aromatic heterocycles. The normalized spacial score (nSPS) is 34.3. The summed E-state index contributed by atoms with van der Waals surface area (Å²) in [7, 11) is -5.86. The van der Waals surface area contributed by atoms with Gasteiger partial charge in [0.1, 0.15) is 0 Å². The molecule has 4 nitrogen and oxygen atoms in total. The van der Waals surface area contributed by atoms with Gasteiger partial charge in [-0.05, 0) is 0 Å². The second kappa shape index (κ2) is 1.24. The third-order valence-electron chi connectivity index (χ3n) is 0.667. The Morgan fingerprint density at radius 3 is 1.78 bits per heavy atom. The number of hydrogen-bond donors (Lipinski definition) is 1. The number of rotatable bonds is 1.